The molecule has 35 heavy (non-hydrogen) atoms. The van der Waals surface area contributed by atoms with Crippen LogP contribution in [0, 0.1) is 12.8 Å². The van der Waals surface area contributed by atoms with Crippen LogP contribution >= 0.6 is 11.3 Å². The van der Waals surface area contributed by atoms with Crippen LogP contribution in [-0.2, 0) is 6.54 Å². The summed E-state index contributed by atoms with van der Waals surface area (Å²) in [5.74, 6) is 0.286. The van der Waals surface area contributed by atoms with Crippen LogP contribution in [0.5, 0.6) is 0 Å². The number of nitrogens with two attached hydrogens (primary N) is 1. The molecule has 0 saturated heterocycles. The Balaban J connectivity index is 1.80. The molecule has 182 valence electrons. The number of aromatic nitrogens is 3. The van der Waals surface area contributed by atoms with Gasteiger partial charge in [-0.15, -0.1) is 11.3 Å². The van der Waals surface area contributed by atoms with Crippen LogP contribution in [0.3, 0.4) is 0 Å². The van der Waals surface area contributed by atoms with E-state index in [0.29, 0.717) is 22.1 Å². The maximum absolute atomic E-state index is 13.8. The van der Waals surface area contributed by atoms with Crippen molar-refractivity contribution in [2.45, 2.75) is 33.7 Å². The zero-order chi connectivity index (χ0) is 25.1. The van der Waals surface area contributed by atoms with E-state index in [9.17, 15) is 14.4 Å². The number of thiazole rings is 1. The molecule has 0 aliphatic carbocycles. The van der Waals surface area contributed by atoms with E-state index in [4.69, 9.17) is 10.2 Å². The second-order valence-electron chi connectivity index (χ2n) is 8.61. The van der Waals surface area contributed by atoms with Gasteiger partial charge in [0.05, 0.1) is 12.8 Å². The highest BCUT2D eigenvalue weighted by Gasteiger charge is 2.29. The lowest BCUT2D eigenvalue weighted by Crippen LogP contribution is -2.42. The maximum atomic E-state index is 13.8. The molecule has 10 heteroatoms. The van der Waals surface area contributed by atoms with Crippen molar-refractivity contribution in [1.82, 2.24) is 14.5 Å². The van der Waals surface area contributed by atoms with Crippen LogP contribution in [-0.4, -0.2) is 27.0 Å². The van der Waals surface area contributed by atoms with Gasteiger partial charge in [-0.3, -0.25) is 24.0 Å². The molecule has 0 radical (unpaired) electrons. The molecule has 4 rings (SSSR count). The summed E-state index contributed by atoms with van der Waals surface area (Å²) in [5.41, 5.74) is 6.03. The molecule has 3 aromatic heterocycles. The van der Waals surface area contributed by atoms with Gasteiger partial charge in [0.2, 0.25) is 0 Å². The minimum absolute atomic E-state index is 0.0573. The van der Waals surface area contributed by atoms with E-state index in [1.807, 2.05) is 44.2 Å². The Morgan fingerprint density at radius 1 is 1.20 bits per heavy atom. The number of rotatable bonds is 8. The second-order valence-corrected chi connectivity index (χ2v) is 9.81. The van der Waals surface area contributed by atoms with Crippen molar-refractivity contribution in [3.05, 3.63) is 85.7 Å². The third-order valence-corrected chi connectivity index (χ3v) is 6.56. The van der Waals surface area contributed by atoms with Gasteiger partial charge in [0.15, 0.2) is 16.5 Å². The number of amides is 1. The van der Waals surface area contributed by atoms with Crippen molar-refractivity contribution in [2.24, 2.45) is 5.92 Å². The number of furan rings is 1. The van der Waals surface area contributed by atoms with E-state index in [2.05, 4.69) is 9.97 Å². The summed E-state index contributed by atoms with van der Waals surface area (Å²) in [6.45, 7) is 6.23. The van der Waals surface area contributed by atoms with Crippen LogP contribution in [0.2, 0.25) is 0 Å². The molecule has 0 saturated carbocycles. The number of hydrogen-bond acceptors (Lipinski definition) is 7. The molecule has 0 aliphatic rings. The fourth-order valence-corrected chi connectivity index (χ4v) is 4.57. The molecular weight excluding hydrogens is 466 g/mol. The van der Waals surface area contributed by atoms with Crippen molar-refractivity contribution in [1.29, 1.82) is 0 Å². The Morgan fingerprint density at radius 2 is 1.94 bits per heavy atom. The van der Waals surface area contributed by atoms with Gasteiger partial charge in [0.25, 0.3) is 11.5 Å². The fraction of sp³-hybridized carbons (Fsp3) is 0.280. The molecule has 0 spiro atoms. The van der Waals surface area contributed by atoms with Gasteiger partial charge in [0, 0.05) is 11.4 Å². The molecule has 0 unspecified atom stereocenters. The first-order valence-corrected chi connectivity index (χ1v) is 12.1. The molecule has 1 amide bonds. The molecule has 4 aromatic rings. The molecule has 0 aliphatic heterocycles. The third-order valence-electron chi connectivity index (χ3n) is 5.57. The summed E-state index contributed by atoms with van der Waals surface area (Å²) in [6.07, 6.45) is 2.16. The van der Waals surface area contributed by atoms with E-state index >= 15 is 0 Å². The van der Waals surface area contributed by atoms with E-state index in [-0.39, 0.29) is 36.2 Å². The average Bonchev–Trinajstić information content (AvgIpc) is 3.48. The van der Waals surface area contributed by atoms with Crippen LogP contribution in [0.15, 0.2) is 62.7 Å². The average molecular weight is 494 g/mol. The van der Waals surface area contributed by atoms with Crippen molar-refractivity contribution in [3.63, 3.8) is 0 Å². The van der Waals surface area contributed by atoms with E-state index in [1.54, 1.807) is 25.3 Å². The quantitative estimate of drug-likeness (QED) is 0.383. The zero-order valence-corrected chi connectivity index (χ0v) is 20.6. The Morgan fingerprint density at radius 3 is 2.60 bits per heavy atom. The molecular formula is C25H27N5O4S. The number of benzene rings is 1. The molecule has 3 heterocycles. The van der Waals surface area contributed by atoms with Crippen LogP contribution < -0.4 is 21.9 Å². The number of nitrogens with zero attached hydrogens (tertiary/aromatic N) is 3. The van der Waals surface area contributed by atoms with Crippen molar-refractivity contribution >= 4 is 28.7 Å². The minimum atomic E-state index is -0.715. The monoisotopic (exact) mass is 493 g/mol. The molecule has 0 fully saturated rings. The molecule has 1 aromatic carbocycles. The smallest absolute Gasteiger partial charge is 0.330 e. The first-order valence-electron chi connectivity index (χ1n) is 11.3. The Hall–Kier alpha value is -3.92. The summed E-state index contributed by atoms with van der Waals surface area (Å²) in [6, 6.07) is 12.8. The highest BCUT2D eigenvalue weighted by Crippen LogP contribution is 2.30. The Labute approximate surface area is 205 Å². The third kappa shape index (κ3) is 5.12. The van der Waals surface area contributed by atoms with Crippen molar-refractivity contribution < 1.29 is 9.21 Å². The predicted octanol–water partition coefficient (Wildman–Crippen LogP) is 3.88. The number of nitrogen functional groups attached to an aromatic ring is 1. The van der Waals surface area contributed by atoms with Gasteiger partial charge in [0.1, 0.15) is 11.5 Å². The predicted molar refractivity (Wildman–Crippen MR) is 137 cm³/mol. The molecule has 3 N–H and O–H groups in total. The van der Waals surface area contributed by atoms with Gasteiger partial charge in [-0.25, -0.2) is 9.78 Å². The minimum Gasteiger partial charge on any atom is -0.462 e. The topological polar surface area (TPSA) is 127 Å². The van der Waals surface area contributed by atoms with Gasteiger partial charge < -0.3 is 10.2 Å². The van der Waals surface area contributed by atoms with E-state index < -0.39 is 17.2 Å². The fourth-order valence-electron chi connectivity index (χ4n) is 3.69. The lowest BCUT2D eigenvalue weighted by Gasteiger charge is -2.25. The van der Waals surface area contributed by atoms with Gasteiger partial charge in [-0.2, -0.15) is 0 Å². The molecule has 0 atom stereocenters. The maximum Gasteiger partial charge on any atom is 0.330 e. The number of aromatic amines is 1. The lowest BCUT2D eigenvalue weighted by molar-refractivity contribution is 0.0981. The SMILES string of the molecule is Cc1sc(-c2ccco2)nc1C(=O)N(CCC(C)C)c1c(N)n(Cc2ccccc2)c(=O)[nH]c1=O. The second kappa shape index (κ2) is 10.1. The Bertz CT molecular complexity index is 1440. The Kier molecular flexibility index (Phi) is 7.02. The van der Waals surface area contributed by atoms with E-state index in [1.165, 1.54) is 20.8 Å². The number of hydrogen-bond donors (Lipinski definition) is 2. The first-order chi connectivity index (χ1) is 16.8. The van der Waals surface area contributed by atoms with Gasteiger partial charge >= 0.3 is 5.69 Å². The van der Waals surface area contributed by atoms with Crippen LogP contribution in [0.4, 0.5) is 11.5 Å². The number of carbonyl (C=O) groups excluding carboxylic acids is 1. The summed E-state index contributed by atoms with van der Waals surface area (Å²) >= 11 is 1.33. The van der Waals surface area contributed by atoms with Crippen molar-refractivity contribution in [3.8, 4) is 10.8 Å². The number of H-pyrrole nitrogens is 1. The highest BCUT2D eigenvalue weighted by molar-refractivity contribution is 7.15. The normalized spacial score (nSPS) is 11.2. The number of nitrogens with one attached hydrogen (secondary N) is 1. The summed E-state index contributed by atoms with van der Waals surface area (Å²) in [5, 5.41) is 0.565. The molecule has 9 nitrogen and oxygen atoms in total. The largest absolute Gasteiger partial charge is 0.462 e. The van der Waals surface area contributed by atoms with Crippen LogP contribution in [0.1, 0.15) is 41.2 Å². The van der Waals surface area contributed by atoms with Gasteiger partial charge in [-0.05, 0) is 37.0 Å². The zero-order valence-electron chi connectivity index (χ0n) is 19.8. The van der Waals surface area contributed by atoms with Crippen molar-refractivity contribution in [2.75, 3.05) is 17.2 Å². The van der Waals surface area contributed by atoms with Crippen LogP contribution in [0.25, 0.3) is 10.8 Å². The highest BCUT2D eigenvalue weighted by atomic mass is 32.1. The first kappa shape index (κ1) is 24.2. The lowest BCUT2D eigenvalue weighted by atomic mass is 10.1. The summed E-state index contributed by atoms with van der Waals surface area (Å²) in [7, 11) is 0. The van der Waals surface area contributed by atoms with Gasteiger partial charge in [-0.1, -0.05) is 44.2 Å². The standard InChI is InChI=1S/C25H27N5O4S/c1-15(2)11-12-29(24(32)19-16(3)35-23(27-19)18-10-7-13-34-18)20-21(26)30(25(33)28-22(20)31)14-17-8-5-4-6-9-17/h4-10,13,15H,11-12,14,26H2,1-3H3,(H,28,31,33). The number of carbonyl (C=O) groups is 1. The van der Waals surface area contributed by atoms with E-state index in [0.717, 1.165) is 5.56 Å². The summed E-state index contributed by atoms with van der Waals surface area (Å²) < 4.78 is 6.69. The summed E-state index contributed by atoms with van der Waals surface area (Å²) in [4.78, 5) is 48.2. The molecule has 0 bridgehead atoms. The number of aryl methyl sites for hydroxylation is 1. The number of anilines is 2.